The highest BCUT2D eigenvalue weighted by Gasteiger charge is 2.29. The number of hydrogen-bond donors (Lipinski definition) is 1. The maximum absolute atomic E-state index is 10.6. The van der Waals surface area contributed by atoms with Crippen LogP contribution >= 0.6 is 46.4 Å². The Morgan fingerprint density at radius 3 is 2.12 bits per heavy atom. The fourth-order valence-electron chi connectivity index (χ4n) is 1.27. The molecule has 0 radical (unpaired) electrons. The predicted molar refractivity (Wildman–Crippen MR) is 70.4 cm³/mol. The molecule has 0 fully saturated rings. The van der Waals surface area contributed by atoms with Crippen LogP contribution in [0.4, 0.5) is 0 Å². The summed E-state index contributed by atoms with van der Waals surface area (Å²) in [4.78, 5) is 10.6. The Kier molecular flexibility index (Phi) is 10.0. The molecule has 0 bridgehead atoms. The van der Waals surface area contributed by atoms with Crippen molar-refractivity contribution in [2.75, 3.05) is 5.88 Å². The van der Waals surface area contributed by atoms with E-state index in [1.165, 1.54) is 0 Å². The highest BCUT2D eigenvalue weighted by atomic mass is 35.5. The SMILES string of the molecule is O=C(O)C(Cl)C(Cl)C(Cl)CCCCCCCl. The average Bonchev–Trinajstić information content (AvgIpc) is 2.26. The molecular formula is C10H16Cl4O2. The van der Waals surface area contributed by atoms with Gasteiger partial charge in [0.2, 0.25) is 0 Å². The first-order valence-electron chi connectivity index (χ1n) is 5.21. The molecule has 6 heteroatoms. The van der Waals surface area contributed by atoms with E-state index in [9.17, 15) is 4.79 Å². The normalized spacial score (nSPS) is 16.8. The average molecular weight is 310 g/mol. The third-order valence-corrected chi connectivity index (χ3v) is 4.25. The molecule has 0 aromatic heterocycles. The smallest absolute Gasteiger partial charge is 0.323 e. The second-order valence-corrected chi connectivity index (χ2v) is 5.50. The molecule has 96 valence electrons. The molecule has 16 heavy (non-hydrogen) atoms. The number of aliphatic carboxylic acids is 1. The van der Waals surface area contributed by atoms with Gasteiger partial charge in [0.1, 0.15) is 5.38 Å². The van der Waals surface area contributed by atoms with Crippen molar-refractivity contribution in [2.45, 2.75) is 48.2 Å². The first kappa shape index (κ1) is 16.6. The summed E-state index contributed by atoms with van der Waals surface area (Å²) < 4.78 is 0. The van der Waals surface area contributed by atoms with Crippen molar-refractivity contribution in [3.63, 3.8) is 0 Å². The highest BCUT2D eigenvalue weighted by molar-refractivity contribution is 6.39. The highest BCUT2D eigenvalue weighted by Crippen LogP contribution is 2.23. The maximum atomic E-state index is 10.6. The molecule has 0 aliphatic heterocycles. The Morgan fingerprint density at radius 2 is 1.62 bits per heavy atom. The Morgan fingerprint density at radius 1 is 1.06 bits per heavy atom. The summed E-state index contributed by atoms with van der Waals surface area (Å²) in [6.07, 6.45) is 4.67. The van der Waals surface area contributed by atoms with E-state index in [2.05, 4.69) is 0 Å². The van der Waals surface area contributed by atoms with Crippen molar-refractivity contribution >= 4 is 52.4 Å². The summed E-state index contributed by atoms with van der Waals surface area (Å²) in [6, 6.07) is 0. The summed E-state index contributed by atoms with van der Waals surface area (Å²) in [6.45, 7) is 0. The Bertz CT molecular complexity index is 201. The van der Waals surface area contributed by atoms with Crippen molar-refractivity contribution in [1.82, 2.24) is 0 Å². The van der Waals surface area contributed by atoms with Crippen molar-refractivity contribution in [1.29, 1.82) is 0 Å². The Hall–Kier alpha value is 0.630. The zero-order chi connectivity index (χ0) is 12.6. The third kappa shape index (κ3) is 7.05. The molecule has 0 spiro atoms. The number of rotatable bonds is 9. The van der Waals surface area contributed by atoms with Crippen LogP contribution in [0.5, 0.6) is 0 Å². The molecule has 0 aromatic rings. The molecule has 2 nitrogen and oxygen atoms in total. The van der Waals surface area contributed by atoms with Gasteiger partial charge in [-0.15, -0.1) is 46.4 Å². The Labute approximate surface area is 116 Å². The number of carboxylic acids is 1. The van der Waals surface area contributed by atoms with Gasteiger partial charge in [-0.1, -0.05) is 19.3 Å². The summed E-state index contributed by atoms with van der Waals surface area (Å²) in [5.41, 5.74) is 0. The van der Waals surface area contributed by atoms with Gasteiger partial charge in [-0.05, 0) is 12.8 Å². The molecule has 0 aliphatic carbocycles. The van der Waals surface area contributed by atoms with Crippen LogP contribution in [0.1, 0.15) is 32.1 Å². The van der Waals surface area contributed by atoms with Gasteiger partial charge in [0.05, 0.1) is 10.8 Å². The fraction of sp³-hybridized carbons (Fsp3) is 0.900. The van der Waals surface area contributed by atoms with Crippen LogP contribution in [0.25, 0.3) is 0 Å². The van der Waals surface area contributed by atoms with Gasteiger partial charge in [0, 0.05) is 5.88 Å². The second kappa shape index (κ2) is 9.64. The standard InChI is InChI=1S/C10H16Cl4O2/c11-6-4-2-1-3-5-7(12)8(13)9(14)10(15)16/h7-9H,1-6H2,(H,15,16). The number of halogens is 4. The molecule has 0 saturated heterocycles. The van der Waals surface area contributed by atoms with Crippen molar-refractivity contribution in [3.05, 3.63) is 0 Å². The largest absolute Gasteiger partial charge is 0.480 e. The van der Waals surface area contributed by atoms with Gasteiger partial charge < -0.3 is 5.11 Å². The second-order valence-electron chi connectivity index (χ2n) is 3.59. The summed E-state index contributed by atoms with van der Waals surface area (Å²) in [5, 5.41) is 6.37. The molecular weight excluding hydrogens is 294 g/mol. The summed E-state index contributed by atoms with van der Waals surface area (Å²) in [5.74, 6) is -0.458. The lowest BCUT2D eigenvalue weighted by molar-refractivity contribution is -0.136. The summed E-state index contributed by atoms with van der Waals surface area (Å²) >= 11 is 23.0. The van der Waals surface area contributed by atoms with Crippen LogP contribution in [-0.2, 0) is 4.79 Å². The quantitative estimate of drug-likeness (QED) is 0.514. The fourth-order valence-corrected chi connectivity index (χ4v) is 2.24. The van der Waals surface area contributed by atoms with Crippen LogP contribution in [0.15, 0.2) is 0 Å². The van der Waals surface area contributed by atoms with Gasteiger partial charge in [0.15, 0.2) is 0 Å². The lowest BCUT2D eigenvalue weighted by atomic mass is 10.1. The number of alkyl halides is 4. The zero-order valence-corrected chi connectivity index (χ0v) is 11.9. The molecule has 0 heterocycles. The van der Waals surface area contributed by atoms with Crippen LogP contribution < -0.4 is 0 Å². The molecule has 0 aliphatic rings. The molecule has 1 N–H and O–H groups in total. The number of hydrogen-bond acceptors (Lipinski definition) is 1. The van der Waals surface area contributed by atoms with Crippen LogP contribution in [-0.4, -0.2) is 33.1 Å². The van der Waals surface area contributed by atoms with E-state index in [1.54, 1.807) is 0 Å². The van der Waals surface area contributed by atoms with E-state index in [-0.39, 0.29) is 0 Å². The van der Waals surface area contributed by atoms with Gasteiger partial charge in [-0.25, -0.2) is 0 Å². The van der Waals surface area contributed by atoms with Gasteiger partial charge in [0.25, 0.3) is 0 Å². The van der Waals surface area contributed by atoms with E-state index < -0.39 is 22.1 Å². The number of carbonyl (C=O) groups is 1. The minimum Gasteiger partial charge on any atom is -0.480 e. The monoisotopic (exact) mass is 308 g/mol. The topological polar surface area (TPSA) is 37.3 Å². The van der Waals surface area contributed by atoms with Crippen LogP contribution in [0, 0.1) is 0 Å². The zero-order valence-electron chi connectivity index (χ0n) is 8.84. The predicted octanol–water partition coefficient (Wildman–Crippen LogP) is 4.08. The van der Waals surface area contributed by atoms with Gasteiger partial charge in [-0.3, -0.25) is 4.79 Å². The number of carboxylic acid groups (broad SMARTS) is 1. The molecule has 3 unspecified atom stereocenters. The summed E-state index contributed by atoms with van der Waals surface area (Å²) in [7, 11) is 0. The van der Waals surface area contributed by atoms with Gasteiger partial charge >= 0.3 is 5.97 Å². The van der Waals surface area contributed by atoms with E-state index in [0.717, 1.165) is 25.7 Å². The Balaban J connectivity index is 3.70. The number of unbranched alkanes of at least 4 members (excludes halogenated alkanes) is 3. The van der Waals surface area contributed by atoms with Crippen LogP contribution in [0.2, 0.25) is 0 Å². The molecule has 0 amide bonds. The maximum Gasteiger partial charge on any atom is 0.323 e. The molecule has 0 aromatic carbocycles. The van der Waals surface area contributed by atoms with Crippen molar-refractivity contribution in [3.8, 4) is 0 Å². The van der Waals surface area contributed by atoms with Crippen LogP contribution in [0.3, 0.4) is 0 Å². The van der Waals surface area contributed by atoms with Crippen molar-refractivity contribution in [2.24, 2.45) is 0 Å². The lowest BCUT2D eigenvalue weighted by Crippen LogP contribution is -2.31. The molecule has 0 rings (SSSR count). The lowest BCUT2D eigenvalue weighted by Gasteiger charge is -2.17. The molecule has 3 atom stereocenters. The van der Waals surface area contributed by atoms with E-state index in [1.807, 2.05) is 0 Å². The minimum atomic E-state index is -1.13. The van der Waals surface area contributed by atoms with E-state index in [4.69, 9.17) is 51.5 Å². The van der Waals surface area contributed by atoms with Gasteiger partial charge in [-0.2, -0.15) is 0 Å². The first-order chi connectivity index (χ1) is 7.50. The van der Waals surface area contributed by atoms with E-state index in [0.29, 0.717) is 12.3 Å². The first-order valence-corrected chi connectivity index (χ1v) is 7.06. The molecule has 0 saturated carbocycles. The minimum absolute atomic E-state index is 0.406. The third-order valence-electron chi connectivity index (χ3n) is 2.22. The van der Waals surface area contributed by atoms with E-state index >= 15 is 0 Å². The van der Waals surface area contributed by atoms with Crippen molar-refractivity contribution < 1.29 is 9.90 Å².